The Balaban J connectivity index is 1.83. The van der Waals surface area contributed by atoms with Gasteiger partial charge in [0, 0.05) is 55.1 Å². The topological polar surface area (TPSA) is 35.6 Å². The highest BCUT2D eigenvalue weighted by Gasteiger charge is 2.32. The molecule has 4 nitrogen and oxygen atoms in total. The normalized spacial score (nSPS) is 28.2. The number of hydrogen-bond donors (Lipinski definition) is 1. The Morgan fingerprint density at radius 3 is 2.83 bits per heavy atom. The van der Waals surface area contributed by atoms with E-state index >= 15 is 0 Å². The lowest BCUT2D eigenvalue weighted by molar-refractivity contribution is -0.125. The van der Waals surface area contributed by atoms with Crippen LogP contribution in [0.15, 0.2) is 0 Å². The SMILES string of the molecule is O=C1CN(C2CN(I)C2)CCN1. The fourth-order valence-corrected chi connectivity index (χ4v) is 2.51. The standard InChI is InChI=1S/C7H12IN3O/c8-11-3-6(4-11)10-2-1-9-7(12)5-10/h6H,1-5H2,(H,9,12). The Bertz CT molecular complexity index is 193. The maximum Gasteiger partial charge on any atom is 0.234 e. The molecule has 0 saturated carbocycles. The fraction of sp³-hybridized carbons (Fsp3) is 0.857. The lowest BCUT2D eigenvalue weighted by Crippen LogP contribution is -2.61. The van der Waals surface area contributed by atoms with Gasteiger partial charge in [-0.1, -0.05) is 0 Å². The minimum Gasteiger partial charge on any atom is -0.354 e. The summed E-state index contributed by atoms with van der Waals surface area (Å²) in [6.45, 7) is 4.63. The molecule has 2 fully saturated rings. The number of nitrogens with zero attached hydrogens (tertiary/aromatic N) is 2. The van der Waals surface area contributed by atoms with Crippen molar-refractivity contribution in [3.05, 3.63) is 0 Å². The second-order valence-electron chi connectivity index (χ2n) is 3.30. The van der Waals surface area contributed by atoms with Crippen molar-refractivity contribution < 1.29 is 4.79 Å². The van der Waals surface area contributed by atoms with E-state index in [1.807, 2.05) is 0 Å². The van der Waals surface area contributed by atoms with Crippen LogP contribution in [-0.2, 0) is 4.79 Å². The van der Waals surface area contributed by atoms with Gasteiger partial charge >= 0.3 is 0 Å². The molecule has 5 heteroatoms. The quantitative estimate of drug-likeness (QED) is 0.517. The molecule has 0 spiro atoms. The highest BCUT2D eigenvalue weighted by molar-refractivity contribution is 14.1. The number of halogens is 1. The van der Waals surface area contributed by atoms with Crippen LogP contribution in [0.3, 0.4) is 0 Å². The lowest BCUT2D eigenvalue weighted by Gasteiger charge is -2.43. The number of amides is 1. The summed E-state index contributed by atoms with van der Waals surface area (Å²) in [5.41, 5.74) is 0. The van der Waals surface area contributed by atoms with Gasteiger partial charge in [-0.3, -0.25) is 9.69 Å². The molecule has 0 aliphatic carbocycles. The van der Waals surface area contributed by atoms with E-state index in [0.717, 1.165) is 26.2 Å². The molecule has 0 unspecified atom stereocenters. The maximum absolute atomic E-state index is 11.0. The average molecular weight is 281 g/mol. The van der Waals surface area contributed by atoms with Gasteiger partial charge in [-0.2, -0.15) is 0 Å². The van der Waals surface area contributed by atoms with Gasteiger partial charge < -0.3 is 5.32 Å². The first-order valence-electron chi connectivity index (χ1n) is 4.17. The van der Waals surface area contributed by atoms with Crippen molar-refractivity contribution in [3.63, 3.8) is 0 Å². The van der Waals surface area contributed by atoms with Gasteiger partial charge in [-0.15, -0.1) is 0 Å². The summed E-state index contributed by atoms with van der Waals surface area (Å²) in [5.74, 6) is 0.174. The van der Waals surface area contributed by atoms with Crippen molar-refractivity contribution in [2.24, 2.45) is 0 Å². The zero-order valence-electron chi connectivity index (χ0n) is 6.79. The molecule has 2 heterocycles. The van der Waals surface area contributed by atoms with Gasteiger partial charge in [0.15, 0.2) is 0 Å². The van der Waals surface area contributed by atoms with Crippen LogP contribution in [0.1, 0.15) is 0 Å². The van der Waals surface area contributed by atoms with Crippen LogP contribution in [0.5, 0.6) is 0 Å². The molecule has 1 N–H and O–H groups in total. The Morgan fingerprint density at radius 1 is 1.50 bits per heavy atom. The maximum atomic E-state index is 11.0. The number of rotatable bonds is 1. The molecule has 12 heavy (non-hydrogen) atoms. The van der Waals surface area contributed by atoms with Crippen LogP contribution in [0, 0.1) is 0 Å². The summed E-state index contributed by atoms with van der Waals surface area (Å²) in [5, 5.41) is 2.83. The molecule has 0 aromatic rings. The molecule has 0 aromatic heterocycles. The third-order valence-corrected chi connectivity index (χ3v) is 3.19. The molecule has 0 bridgehead atoms. The van der Waals surface area contributed by atoms with Crippen molar-refractivity contribution in [2.45, 2.75) is 6.04 Å². The summed E-state index contributed by atoms with van der Waals surface area (Å²) in [6.07, 6.45) is 0. The van der Waals surface area contributed by atoms with Crippen molar-refractivity contribution in [2.75, 3.05) is 32.7 Å². The first kappa shape index (κ1) is 8.71. The van der Waals surface area contributed by atoms with Crippen molar-refractivity contribution in [3.8, 4) is 0 Å². The number of carbonyl (C=O) groups excluding carboxylic acids is 1. The first-order valence-corrected chi connectivity index (χ1v) is 5.13. The van der Waals surface area contributed by atoms with Gasteiger partial charge in [0.25, 0.3) is 0 Å². The van der Waals surface area contributed by atoms with Crippen LogP contribution >= 0.6 is 22.9 Å². The minimum absolute atomic E-state index is 0.174. The molecule has 0 aromatic carbocycles. The van der Waals surface area contributed by atoms with E-state index in [2.05, 4.69) is 36.2 Å². The summed E-state index contributed by atoms with van der Waals surface area (Å²) in [4.78, 5) is 13.3. The van der Waals surface area contributed by atoms with Crippen molar-refractivity contribution in [1.29, 1.82) is 0 Å². The van der Waals surface area contributed by atoms with Crippen LogP contribution in [-0.4, -0.2) is 52.7 Å². The Hall–Kier alpha value is 0.120. The zero-order valence-corrected chi connectivity index (χ0v) is 8.95. The summed E-state index contributed by atoms with van der Waals surface area (Å²) < 4.78 is 2.24. The van der Waals surface area contributed by atoms with Gasteiger partial charge in [0.1, 0.15) is 0 Å². The number of carbonyl (C=O) groups is 1. The first-order chi connectivity index (χ1) is 5.75. The molecule has 0 atom stereocenters. The predicted molar refractivity (Wildman–Crippen MR) is 54.0 cm³/mol. The van der Waals surface area contributed by atoms with Crippen molar-refractivity contribution in [1.82, 2.24) is 13.3 Å². The number of piperazine rings is 1. The monoisotopic (exact) mass is 281 g/mol. The summed E-state index contributed by atoms with van der Waals surface area (Å²) >= 11 is 2.32. The molecule has 2 rings (SSSR count). The number of nitrogens with one attached hydrogen (secondary N) is 1. The Labute approximate surface area is 85.8 Å². The largest absolute Gasteiger partial charge is 0.354 e. The van der Waals surface area contributed by atoms with E-state index in [0.29, 0.717) is 12.6 Å². The number of hydrogen-bond acceptors (Lipinski definition) is 3. The second-order valence-corrected chi connectivity index (χ2v) is 4.67. The molecule has 68 valence electrons. The van der Waals surface area contributed by atoms with Crippen LogP contribution < -0.4 is 5.32 Å². The summed E-state index contributed by atoms with van der Waals surface area (Å²) in [7, 11) is 0. The van der Waals surface area contributed by atoms with Crippen LogP contribution in [0.25, 0.3) is 0 Å². The highest BCUT2D eigenvalue weighted by Crippen LogP contribution is 2.18. The fourth-order valence-electron chi connectivity index (χ4n) is 1.60. The molecule has 2 saturated heterocycles. The van der Waals surface area contributed by atoms with Gasteiger partial charge in [-0.05, 0) is 0 Å². The van der Waals surface area contributed by atoms with E-state index in [1.54, 1.807) is 0 Å². The van der Waals surface area contributed by atoms with E-state index in [1.165, 1.54) is 0 Å². The summed E-state index contributed by atoms with van der Waals surface area (Å²) in [6, 6.07) is 0.618. The minimum atomic E-state index is 0.174. The Kier molecular flexibility index (Phi) is 2.52. The average Bonchev–Trinajstić information content (AvgIpc) is 1.99. The predicted octanol–water partition coefficient (Wildman–Crippen LogP) is -0.548. The third-order valence-electron chi connectivity index (χ3n) is 2.40. The van der Waals surface area contributed by atoms with E-state index in [9.17, 15) is 4.79 Å². The Morgan fingerprint density at radius 2 is 2.25 bits per heavy atom. The second kappa shape index (κ2) is 3.47. The third kappa shape index (κ3) is 1.72. The molecule has 0 radical (unpaired) electrons. The molecule has 1 amide bonds. The molecule has 2 aliphatic heterocycles. The lowest BCUT2D eigenvalue weighted by atomic mass is 10.1. The van der Waals surface area contributed by atoms with E-state index in [4.69, 9.17) is 0 Å². The van der Waals surface area contributed by atoms with Crippen molar-refractivity contribution >= 4 is 28.8 Å². The van der Waals surface area contributed by atoms with Crippen LogP contribution in [0.4, 0.5) is 0 Å². The van der Waals surface area contributed by atoms with E-state index < -0.39 is 0 Å². The molecular formula is C7H12IN3O. The van der Waals surface area contributed by atoms with Gasteiger partial charge in [0.05, 0.1) is 6.54 Å². The van der Waals surface area contributed by atoms with Crippen LogP contribution in [0.2, 0.25) is 0 Å². The zero-order chi connectivity index (χ0) is 8.55. The van der Waals surface area contributed by atoms with Gasteiger partial charge in [-0.25, -0.2) is 3.11 Å². The highest BCUT2D eigenvalue weighted by atomic mass is 127. The van der Waals surface area contributed by atoms with Gasteiger partial charge in [0.2, 0.25) is 5.91 Å². The van der Waals surface area contributed by atoms with E-state index in [-0.39, 0.29) is 5.91 Å². The molecule has 2 aliphatic rings. The smallest absolute Gasteiger partial charge is 0.234 e. The molecular weight excluding hydrogens is 269 g/mol.